The van der Waals surface area contributed by atoms with Crippen LogP contribution in [0.4, 0.5) is 0 Å². The maximum atomic E-state index is 12.4. The van der Waals surface area contributed by atoms with Crippen LogP contribution in [-0.2, 0) is 4.79 Å². The summed E-state index contributed by atoms with van der Waals surface area (Å²) >= 11 is 0. The molecule has 0 spiro atoms. The molecule has 3 heteroatoms. The first-order valence-corrected chi connectivity index (χ1v) is 7.09. The normalized spacial score (nSPS) is 42.5. The molecule has 4 unspecified atom stereocenters. The molecule has 0 aromatic heterocycles. The number of nitrogens with zero attached hydrogens (tertiary/aromatic N) is 1. The Labute approximate surface area is 105 Å². The monoisotopic (exact) mass is 238 g/mol. The van der Waals surface area contributed by atoms with Crippen LogP contribution in [0.25, 0.3) is 0 Å². The minimum atomic E-state index is -0.315. The second-order valence-electron chi connectivity index (χ2n) is 5.97. The summed E-state index contributed by atoms with van der Waals surface area (Å²) < 4.78 is 0. The summed E-state index contributed by atoms with van der Waals surface area (Å²) in [4.78, 5) is 14.6. The smallest absolute Gasteiger partial charge is 0.243 e. The van der Waals surface area contributed by atoms with Gasteiger partial charge in [-0.25, -0.2) is 0 Å². The molecule has 0 radical (unpaired) electrons. The third-order valence-electron chi connectivity index (χ3n) is 5.19. The molecule has 1 saturated heterocycles. The Bertz CT molecular complexity index is 305. The van der Waals surface area contributed by atoms with Crippen LogP contribution < -0.4 is 5.32 Å². The molecular formula is C14H26N2O. The molecular weight excluding hydrogens is 212 g/mol. The van der Waals surface area contributed by atoms with Gasteiger partial charge in [0.25, 0.3) is 0 Å². The van der Waals surface area contributed by atoms with Crippen LogP contribution >= 0.6 is 0 Å². The summed E-state index contributed by atoms with van der Waals surface area (Å²) in [6.45, 7) is 9.45. The number of nitrogens with one attached hydrogen (secondary N) is 1. The van der Waals surface area contributed by atoms with E-state index in [0.29, 0.717) is 17.9 Å². The molecule has 0 aromatic rings. The maximum Gasteiger partial charge on any atom is 0.243 e. The molecule has 3 nitrogen and oxygen atoms in total. The Hall–Kier alpha value is -0.570. The van der Waals surface area contributed by atoms with Crippen molar-refractivity contribution in [3.8, 4) is 0 Å². The molecule has 0 bridgehead atoms. The first-order valence-electron chi connectivity index (χ1n) is 7.09. The Morgan fingerprint density at radius 1 is 1.41 bits per heavy atom. The highest BCUT2D eigenvalue weighted by atomic mass is 16.2. The van der Waals surface area contributed by atoms with Gasteiger partial charge in [-0.1, -0.05) is 27.2 Å². The zero-order valence-electron chi connectivity index (χ0n) is 11.6. The van der Waals surface area contributed by atoms with E-state index < -0.39 is 0 Å². The summed E-state index contributed by atoms with van der Waals surface area (Å²) in [6.07, 6.45) is 4.60. The molecule has 1 heterocycles. The topological polar surface area (TPSA) is 32.3 Å². The Balaban J connectivity index is 2.08. The SMILES string of the molecule is CCC1CCC(N2CNC(C)(CC)C2=O)C1C. The van der Waals surface area contributed by atoms with Crippen molar-refractivity contribution in [3.05, 3.63) is 0 Å². The Morgan fingerprint density at radius 2 is 2.12 bits per heavy atom. The van der Waals surface area contributed by atoms with Gasteiger partial charge in [0.15, 0.2) is 0 Å². The van der Waals surface area contributed by atoms with Crippen LogP contribution in [0.2, 0.25) is 0 Å². The third-order valence-corrected chi connectivity index (χ3v) is 5.19. The average Bonchev–Trinajstić information content (AvgIpc) is 2.83. The van der Waals surface area contributed by atoms with Gasteiger partial charge in [-0.3, -0.25) is 10.1 Å². The van der Waals surface area contributed by atoms with Crippen LogP contribution in [-0.4, -0.2) is 29.1 Å². The maximum absolute atomic E-state index is 12.4. The predicted molar refractivity (Wildman–Crippen MR) is 69.5 cm³/mol. The van der Waals surface area contributed by atoms with Gasteiger partial charge in [0.2, 0.25) is 5.91 Å². The van der Waals surface area contributed by atoms with Gasteiger partial charge in [0, 0.05) is 6.04 Å². The second kappa shape index (κ2) is 4.60. The van der Waals surface area contributed by atoms with Crippen molar-refractivity contribution < 1.29 is 4.79 Å². The largest absolute Gasteiger partial charge is 0.325 e. The summed E-state index contributed by atoms with van der Waals surface area (Å²) in [5.41, 5.74) is -0.315. The standard InChI is InChI=1S/C14H26N2O/c1-5-11-7-8-12(10(11)3)16-9-15-14(4,6-2)13(16)17/h10-12,15H,5-9H2,1-4H3. The summed E-state index contributed by atoms with van der Waals surface area (Å²) in [7, 11) is 0. The molecule has 4 atom stereocenters. The van der Waals surface area contributed by atoms with Gasteiger partial charge in [0.05, 0.1) is 12.2 Å². The van der Waals surface area contributed by atoms with Gasteiger partial charge < -0.3 is 4.90 Å². The molecule has 1 aliphatic carbocycles. The lowest BCUT2D eigenvalue weighted by molar-refractivity contribution is -0.134. The van der Waals surface area contributed by atoms with Gasteiger partial charge in [0.1, 0.15) is 0 Å². The number of hydrogen-bond acceptors (Lipinski definition) is 2. The first kappa shape index (κ1) is 12.9. The second-order valence-corrected chi connectivity index (χ2v) is 5.97. The van der Waals surface area contributed by atoms with Crippen molar-refractivity contribution in [2.45, 2.75) is 65.0 Å². The number of hydrogen-bond donors (Lipinski definition) is 1. The summed E-state index contributed by atoms with van der Waals surface area (Å²) in [5.74, 6) is 1.78. The fourth-order valence-electron chi connectivity index (χ4n) is 3.51. The molecule has 1 aliphatic heterocycles. The lowest BCUT2D eigenvalue weighted by Crippen LogP contribution is -2.45. The van der Waals surface area contributed by atoms with Crippen LogP contribution in [0.15, 0.2) is 0 Å². The Morgan fingerprint density at radius 3 is 2.59 bits per heavy atom. The predicted octanol–water partition coefficient (Wildman–Crippen LogP) is 2.37. The highest BCUT2D eigenvalue weighted by molar-refractivity contribution is 5.88. The number of carbonyl (C=O) groups is 1. The minimum absolute atomic E-state index is 0.314. The molecule has 2 rings (SSSR count). The van der Waals surface area contributed by atoms with Gasteiger partial charge >= 0.3 is 0 Å². The summed E-state index contributed by atoms with van der Waals surface area (Å²) in [5, 5.41) is 3.39. The van der Waals surface area contributed by atoms with Crippen LogP contribution in [0.5, 0.6) is 0 Å². The highest BCUT2D eigenvalue weighted by Crippen LogP contribution is 2.38. The van der Waals surface area contributed by atoms with E-state index in [1.165, 1.54) is 19.3 Å². The highest BCUT2D eigenvalue weighted by Gasteiger charge is 2.46. The van der Waals surface area contributed by atoms with Crippen molar-refractivity contribution in [2.75, 3.05) is 6.67 Å². The Kier molecular flexibility index (Phi) is 3.48. The van der Waals surface area contributed by atoms with Crippen molar-refractivity contribution in [3.63, 3.8) is 0 Å². The zero-order chi connectivity index (χ0) is 12.6. The third kappa shape index (κ3) is 1.99. The molecule has 1 amide bonds. The van der Waals surface area contributed by atoms with Crippen LogP contribution in [0.1, 0.15) is 53.4 Å². The fraction of sp³-hybridized carbons (Fsp3) is 0.929. The average molecular weight is 238 g/mol. The van der Waals surface area contributed by atoms with E-state index in [0.717, 1.165) is 19.0 Å². The molecule has 2 fully saturated rings. The van der Waals surface area contributed by atoms with E-state index in [9.17, 15) is 4.79 Å². The molecule has 1 N–H and O–H groups in total. The number of amides is 1. The van der Waals surface area contributed by atoms with E-state index in [1.807, 2.05) is 6.92 Å². The van der Waals surface area contributed by atoms with Gasteiger partial charge in [-0.05, 0) is 38.0 Å². The van der Waals surface area contributed by atoms with E-state index >= 15 is 0 Å². The molecule has 1 saturated carbocycles. The minimum Gasteiger partial charge on any atom is -0.325 e. The lowest BCUT2D eigenvalue weighted by atomic mass is 9.92. The van der Waals surface area contributed by atoms with E-state index in [2.05, 4.69) is 31.0 Å². The van der Waals surface area contributed by atoms with Crippen LogP contribution in [0.3, 0.4) is 0 Å². The summed E-state index contributed by atoms with van der Waals surface area (Å²) in [6, 6.07) is 0.466. The molecule has 0 aromatic carbocycles. The molecule has 17 heavy (non-hydrogen) atoms. The van der Waals surface area contributed by atoms with Crippen molar-refractivity contribution in [2.24, 2.45) is 11.8 Å². The van der Waals surface area contributed by atoms with Crippen LogP contribution in [0, 0.1) is 11.8 Å². The van der Waals surface area contributed by atoms with Gasteiger partial charge in [-0.2, -0.15) is 0 Å². The van der Waals surface area contributed by atoms with Crippen molar-refractivity contribution >= 4 is 5.91 Å². The molecule has 98 valence electrons. The number of carbonyl (C=O) groups excluding carboxylic acids is 1. The fourth-order valence-corrected chi connectivity index (χ4v) is 3.51. The van der Waals surface area contributed by atoms with E-state index in [1.54, 1.807) is 0 Å². The molecule has 2 aliphatic rings. The zero-order valence-corrected chi connectivity index (χ0v) is 11.6. The van der Waals surface area contributed by atoms with Gasteiger partial charge in [-0.15, -0.1) is 0 Å². The first-order chi connectivity index (χ1) is 8.03. The lowest BCUT2D eigenvalue weighted by Gasteiger charge is -2.30. The van der Waals surface area contributed by atoms with Crippen molar-refractivity contribution in [1.82, 2.24) is 10.2 Å². The van der Waals surface area contributed by atoms with E-state index in [-0.39, 0.29) is 5.54 Å². The quantitative estimate of drug-likeness (QED) is 0.818. The number of rotatable bonds is 3. The van der Waals surface area contributed by atoms with E-state index in [4.69, 9.17) is 0 Å². The van der Waals surface area contributed by atoms with Crippen molar-refractivity contribution in [1.29, 1.82) is 0 Å².